The van der Waals surface area contributed by atoms with Gasteiger partial charge in [-0.2, -0.15) is 0 Å². The monoisotopic (exact) mass is 273 g/mol. The van der Waals surface area contributed by atoms with E-state index in [0.29, 0.717) is 12.1 Å². The molecule has 0 heterocycles. The third-order valence-corrected chi connectivity index (χ3v) is 3.94. The van der Waals surface area contributed by atoms with Gasteiger partial charge in [0, 0.05) is 24.0 Å². The lowest BCUT2D eigenvalue weighted by molar-refractivity contribution is 0.462. The van der Waals surface area contributed by atoms with E-state index in [1.807, 2.05) is 0 Å². The van der Waals surface area contributed by atoms with Crippen LogP contribution in [-0.4, -0.2) is 11.4 Å². The van der Waals surface area contributed by atoms with Gasteiger partial charge in [-0.1, -0.05) is 19.3 Å². The fraction of sp³-hybridized carbons (Fsp3) is 0.571. The van der Waals surface area contributed by atoms with Gasteiger partial charge in [-0.3, -0.25) is 0 Å². The zero-order chi connectivity index (χ0) is 13.0. The second-order valence-corrected chi connectivity index (χ2v) is 5.48. The minimum absolute atomic E-state index is 0.117. The maximum Gasteiger partial charge on any atom is 0.126 e. The minimum atomic E-state index is -0.532. The molecule has 2 rings (SSSR count). The van der Waals surface area contributed by atoms with Crippen molar-refractivity contribution >= 4 is 11.6 Å². The van der Waals surface area contributed by atoms with E-state index < -0.39 is 11.6 Å². The number of hydrogen-bond acceptors (Lipinski definition) is 1. The molecule has 2 unspecified atom stereocenters. The Balaban J connectivity index is 1.93. The van der Waals surface area contributed by atoms with Crippen molar-refractivity contribution in [3.63, 3.8) is 0 Å². The normalized spacial score (nSPS) is 24.8. The Morgan fingerprint density at radius 2 is 1.72 bits per heavy atom. The molecule has 0 saturated heterocycles. The van der Waals surface area contributed by atoms with Gasteiger partial charge >= 0.3 is 0 Å². The van der Waals surface area contributed by atoms with Crippen molar-refractivity contribution in [1.82, 2.24) is 5.32 Å². The molecule has 1 N–H and O–H groups in total. The Bertz CT molecular complexity index is 377. The van der Waals surface area contributed by atoms with Crippen LogP contribution in [0, 0.1) is 11.6 Å². The van der Waals surface area contributed by atoms with E-state index in [2.05, 4.69) is 5.32 Å². The van der Waals surface area contributed by atoms with Crippen LogP contribution in [-0.2, 0) is 6.54 Å². The molecule has 1 saturated carbocycles. The Kier molecular flexibility index (Phi) is 4.95. The topological polar surface area (TPSA) is 12.0 Å². The lowest BCUT2D eigenvalue weighted by Gasteiger charge is -2.21. The van der Waals surface area contributed by atoms with E-state index in [9.17, 15) is 8.78 Å². The summed E-state index contributed by atoms with van der Waals surface area (Å²) in [4.78, 5) is 0. The molecular weight excluding hydrogens is 256 g/mol. The second-order valence-electron chi connectivity index (χ2n) is 4.92. The predicted octanol–water partition coefficient (Wildman–Crippen LogP) is 3.99. The van der Waals surface area contributed by atoms with Gasteiger partial charge in [0.25, 0.3) is 0 Å². The quantitative estimate of drug-likeness (QED) is 0.648. The third kappa shape index (κ3) is 3.92. The van der Waals surface area contributed by atoms with E-state index >= 15 is 0 Å². The Labute approximate surface area is 112 Å². The van der Waals surface area contributed by atoms with Crippen LogP contribution in [0.1, 0.15) is 37.7 Å². The van der Waals surface area contributed by atoms with Crippen molar-refractivity contribution in [2.45, 2.75) is 50.1 Å². The summed E-state index contributed by atoms with van der Waals surface area (Å²) in [6.45, 7) is 0.461. The van der Waals surface area contributed by atoms with Crippen LogP contribution < -0.4 is 5.32 Å². The van der Waals surface area contributed by atoms with Crippen LogP contribution in [0.3, 0.4) is 0 Å². The minimum Gasteiger partial charge on any atom is -0.308 e. The van der Waals surface area contributed by atoms with Crippen LogP contribution >= 0.6 is 11.6 Å². The van der Waals surface area contributed by atoms with Gasteiger partial charge in [-0.05, 0) is 30.5 Å². The molecule has 0 spiro atoms. The molecule has 1 nitrogen and oxygen atoms in total. The van der Waals surface area contributed by atoms with Crippen molar-refractivity contribution < 1.29 is 8.78 Å². The van der Waals surface area contributed by atoms with Gasteiger partial charge in [-0.15, -0.1) is 11.6 Å². The summed E-state index contributed by atoms with van der Waals surface area (Å²) < 4.78 is 26.1. The zero-order valence-corrected chi connectivity index (χ0v) is 11.0. The molecule has 1 aliphatic carbocycles. The summed E-state index contributed by atoms with van der Waals surface area (Å²) in [5.74, 6) is -1.06. The third-order valence-electron chi connectivity index (χ3n) is 3.42. The molecule has 4 heteroatoms. The van der Waals surface area contributed by atoms with Crippen LogP contribution in [0.25, 0.3) is 0 Å². The van der Waals surface area contributed by atoms with E-state index in [1.165, 1.54) is 31.4 Å². The number of alkyl halides is 1. The largest absolute Gasteiger partial charge is 0.308 e. The first-order valence-electron chi connectivity index (χ1n) is 6.47. The molecule has 1 aromatic carbocycles. The summed E-state index contributed by atoms with van der Waals surface area (Å²) in [7, 11) is 0. The zero-order valence-electron chi connectivity index (χ0n) is 10.3. The van der Waals surface area contributed by atoms with Crippen LogP contribution in [0.4, 0.5) is 8.78 Å². The molecule has 0 radical (unpaired) electrons. The van der Waals surface area contributed by atoms with E-state index in [4.69, 9.17) is 11.6 Å². The fourth-order valence-electron chi connectivity index (χ4n) is 2.45. The maximum atomic E-state index is 13.0. The first-order valence-corrected chi connectivity index (χ1v) is 6.91. The maximum absolute atomic E-state index is 13.0. The van der Waals surface area contributed by atoms with Crippen LogP contribution in [0.5, 0.6) is 0 Å². The molecule has 100 valence electrons. The lowest BCUT2D eigenvalue weighted by Crippen LogP contribution is -2.35. The Morgan fingerprint density at radius 1 is 1.06 bits per heavy atom. The Morgan fingerprint density at radius 3 is 2.44 bits per heavy atom. The Hall–Kier alpha value is -0.670. The predicted molar refractivity (Wildman–Crippen MR) is 69.7 cm³/mol. The van der Waals surface area contributed by atoms with Crippen molar-refractivity contribution in [2.75, 3.05) is 0 Å². The highest BCUT2D eigenvalue weighted by atomic mass is 35.5. The smallest absolute Gasteiger partial charge is 0.126 e. The molecule has 1 aromatic rings. The number of rotatable bonds is 3. The first kappa shape index (κ1) is 13.8. The first-order chi connectivity index (χ1) is 8.65. The van der Waals surface area contributed by atoms with Crippen molar-refractivity contribution in [2.24, 2.45) is 0 Å². The summed E-state index contributed by atoms with van der Waals surface area (Å²) in [6, 6.07) is 3.84. The molecule has 0 bridgehead atoms. The summed E-state index contributed by atoms with van der Waals surface area (Å²) in [5.41, 5.74) is 0.626. The standard InChI is InChI=1S/C14H18ClF2N/c15-13-4-2-1-3-5-14(13)18-9-10-6-11(16)8-12(17)7-10/h6-8,13-14,18H,1-5,9H2. The van der Waals surface area contributed by atoms with Crippen LogP contribution in [0.15, 0.2) is 18.2 Å². The molecule has 0 amide bonds. The van der Waals surface area contributed by atoms with E-state index in [0.717, 1.165) is 18.9 Å². The molecule has 18 heavy (non-hydrogen) atoms. The number of nitrogens with one attached hydrogen (secondary N) is 1. The fourth-order valence-corrected chi connectivity index (χ4v) is 2.82. The summed E-state index contributed by atoms with van der Waals surface area (Å²) in [6.07, 6.45) is 5.60. The van der Waals surface area contributed by atoms with E-state index in [1.54, 1.807) is 0 Å². The highest BCUT2D eigenvalue weighted by molar-refractivity contribution is 6.21. The summed E-state index contributed by atoms with van der Waals surface area (Å²) in [5, 5.41) is 3.43. The molecule has 0 aromatic heterocycles. The lowest BCUT2D eigenvalue weighted by atomic mass is 10.1. The van der Waals surface area contributed by atoms with Crippen molar-refractivity contribution in [3.05, 3.63) is 35.4 Å². The van der Waals surface area contributed by atoms with Gasteiger partial charge in [0.15, 0.2) is 0 Å². The second kappa shape index (κ2) is 6.48. The highest BCUT2D eigenvalue weighted by Gasteiger charge is 2.21. The van der Waals surface area contributed by atoms with Gasteiger partial charge in [0.2, 0.25) is 0 Å². The molecule has 1 fully saturated rings. The molecule has 1 aliphatic rings. The SMILES string of the molecule is Fc1cc(F)cc(CNC2CCCCCC2Cl)c1. The van der Waals surface area contributed by atoms with Gasteiger partial charge in [0.1, 0.15) is 11.6 Å². The van der Waals surface area contributed by atoms with Crippen LogP contribution in [0.2, 0.25) is 0 Å². The summed E-state index contributed by atoms with van der Waals surface area (Å²) >= 11 is 6.31. The van der Waals surface area contributed by atoms with Gasteiger partial charge in [-0.25, -0.2) is 8.78 Å². The number of halogens is 3. The van der Waals surface area contributed by atoms with Gasteiger partial charge in [0.05, 0.1) is 0 Å². The van der Waals surface area contributed by atoms with Crippen molar-refractivity contribution in [1.29, 1.82) is 0 Å². The molecule has 2 atom stereocenters. The van der Waals surface area contributed by atoms with E-state index in [-0.39, 0.29) is 11.4 Å². The average molecular weight is 274 g/mol. The number of benzene rings is 1. The van der Waals surface area contributed by atoms with Crippen molar-refractivity contribution in [3.8, 4) is 0 Å². The average Bonchev–Trinajstić information content (AvgIpc) is 2.50. The number of hydrogen-bond donors (Lipinski definition) is 1. The molecular formula is C14H18ClF2N. The highest BCUT2D eigenvalue weighted by Crippen LogP contribution is 2.22. The molecule has 0 aliphatic heterocycles. The van der Waals surface area contributed by atoms with Gasteiger partial charge < -0.3 is 5.32 Å².